The zero-order chi connectivity index (χ0) is 13.8. The second-order valence-electron chi connectivity index (χ2n) is 4.51. The Hall–Kier alpha value is -2.29. The first-order valence-corrected chi connectivity index (χ1v) is 6.13. The molecule has 0 radical (unpaired) electrons. The average molecular weight is 255 g/mol. The largest absolute Gasteiger partial charge is 0.495 e. The van der Waals surface area contributed by atoms with Crippen LogP contribution in [0.5, 0.6) is 5.75 Å². The van der Waals surface area contributed by atoms with Gasteiger partial charge < -0.3 is 10.5 Å². The third kappa shape index (κ3) is 2.94. The van der Waals surface area contributed by atoms with Gasteiger partial charge in [0, 0.05) is 12.0 Å². The SMILES string of the molecule is COc1cccc(C(=O)Cc2ccc(C)cc2)c1N. The lowest BCUT2D eigenvalue weighted by Crippen LogP contribution is -2.08. The van der Waals surface area contributed by atoms with E-state index in [1.807, 2.05) is 31.2 Å². The van der Waals surface area contributed by atoms with Gasteiger partial charge in [-0.1, -0.05) is 35.9 Å². The molecule has 0 unspecified atom stereocenters. The summed E-state index contributed by atoms with van der Waals surface area (Å²) in [6.07, 6.45) is 0.345. The molecule has 98 valence electrons. The van der Waals surface area contributed by atoms with E-state index in [4.69, 9.17) is 10.5 Å². The Morgan fingerprint density at radius 2 is 1.84 bits per heavy atom. The second kappa shape index (κ2) is 5.57. The number of Topliss-reactive ketones (excluding diaryl/α,β-unsaturated/α-hetero) is 1. The van der Waals surface area contributed by atoms with Gasteiger partial charge >= 0.3 is 0 Å². The highest BCUT2D eigenvalue weighted by atomic mass is 16.5. The van der Waals surface area contributed by atoms with Crippen molar-refractivity contribution in [1.29, 1.82) is 0 Å². The van der Waals surface area contributed by atoms with Crippen LogP contribution < -0.4 is 10.5 Å². The molecule has 0 aliphatic rings. The minimum absolute atomic E-state index is 0.000234. The molecule has 0 saturated heterocycles. The number of carbonyl (C=O) groups is 1. The van der Waals surface area contributed by atoms with Crippen LogP contribution in [0.2, 0.25) is 0 Å². The lowest BCUT2D eigenvalue weighted by molar-refractivity contribution is 0.0993. The van der Waals surface area contributed by atoms with Gasteiger partial charge in [-0.2, -0.15) is 0 Å². The number of hydrogen-bond donors (Lipinski definition) is 1. The van der Waals surface area contributed by atoms with Gasteiger partial charge in [-0.3, -0.25) is 4.79 Å². The fraction of sp³-hybridized carbons (Fsp3) is 0.188. The predicted molar refractivity (Wildman–Crippen MR) is 76.6 cm³/mol. The minimum Gasteiger partial charge on any atom is -0.495 e. The van der Waals surface area contributed by atoms with Crippen molar-refractivity contribution in [2.24, 2.45) is 0 Å². The fourth-order valence-electron chi connectivity index (χ4n) is 1.95. The number of ketones is 1. The molecule has 0 aliphatic carbocycles. The summed E-state index contributed by atoms with van der Waals surface area (Å²) in [5.74, 6) is 0.537. The van der Waals surface area contributed by atoms with Gasteiger partial charge in [0.1, 0.15) is 5.75 Å². The molecule has 0 saturated carbocycles. The summed E-state index contributed by atoms with van der Waals surface area (Å²) < 4.78 is 5.12. The van der Waals surface area contributed by atoms with Crippen molar-refractivity contribution in [3.8, 4) is 5.75 Å². The molecule has 3 heteroatoms. The third-order valence-corrected chi connectivity index (χ3v) is 3.07. The molecule has 2 N–H and O–H groups in total. The molecule has 0 aromatic heterocycles. The van der Waals surface area contributed by atoms with Crippen molar-refractivity contribution in [2.75, 3.05) is 12.8 Å². The van der Waals surface area contributed by atoms with E-state index in [-0.39, 0.29) is 5.78 Å². The minimum atomic E-state index is 0.000234. The highest BCUT2D eigenvalue weighted by molar-refractivity contribution is 6.03. The van der Waals surface area contributed by atoms with E-state index >= 15 is 0 Å². The van der Waals surface area contributed by atoms with E-state index < -0.39 is 0 Å². The Bertz CT molecular complexity index is 588. The van der Waals surface area contributed by atoms with E-state index in [1.54, 1.807) is 25.3 Å². The Morgan fingerprint density at radius 3 is 2.47 bits per heavy atom. The van der Waals surface area contributed by atoms with Crippen LogP contribution in [0.1, 0.15) is 21.5 Å². The van der Waals surface area contributed by atoms with Crippen molar-refractivity contribution in [3.63, 3.8) is 0 Å². The number of aryl methyl sites for hydroxylation is 1. The Labute approximate surface area is 113 Å². The van der Waals surface area contributed by atoms with Gasteiger partial charge in [-0.05, 0) is 24.6 Å². The number of methoxy groups -OCH3 is 1. The van der Waals surface area contributed by atoms with Crippen molar-refractivity contribution < 1.29 is 9.53 Å². The molecule has 0 amide bonds. The molecule has 19 heavy (non-hydrogen) atoms. The summed E-state index contributed by atoms with van der Waals surface area (Å²) >= 11 is 0. The fourth-order valence-corrected chi connectivity index (χ4v) is 1.95. The summed E-state index contributed by atoms with van der Waals surface area (Å²) in [6.45, 7) is 2.02. The number of carbonyl (C=O) groups excluding carboxylic acids is 1. The topological polar surface area (TPSA) is 52.3 Å². The smallest absolute Gasteiger partial charge is 0.169 e. The molecule has 2 rings (SSSR count). The summed E-state index contributed by atoms with van der Waals surface area (Å²) in [7, 11) is 1.54. The first kappa shape index (κ1) is 13.1. The second-order valence-corrected chi connectivity index (χ2v) is 4.51. The molecule has 0 fully saturated rings. The van der Waals surface area contributed by atoms with E-state index in [9.17, 15) is 4.79 Å². The lowest BCUT2D eigenvalue weighted by atomic mass is 10.0. The maximum atomic E-state index is 12.3. The number of rotatable bonds is 4. The molecule has 2 aromatic rings. The Balaban J connectivity index is 2.23. The number of para-hydroxylation sites is 1. The average Bonchev–Trinajstić information content (AvgIpc) is 2.41. The molecule has 0 heterocycles. The number of anilines is 1. The van der Waals surface area contributed by atoms with Crippen LogP contribution in [0.3, 0.4) is 0 Å². The van der Waals surface area contributed by atoms with E-state index in [0.29, 0.717) is 23.4 Å². The number of benzene rings is 2. The van der Waals surface area contributed by atoms with Crippen molar-refractivity contribution >= 4 is 11.5 Å². The molecular formula is C16H17NO2. The summed E-state index contributed by atoms with van der Waals surface area (Å²) in [4.78, 5) is 12.3. The van der Waals surface area contributed by atoms with Crippen LogP contribution in [-0.2, 0) is 6.42 Å². The van der Waals surface area contributed by atoms with E-state index in [2.05, 4.69) is 0 Å². The molecule has 0 atom stereocenters. The van der Waals surface area contributed by atoms with Gasteiger partial charge in [0.2, 0.25) is 0 Å². The molecule has 0 bridgehead atoms. The van der Waals surface area contributed by atoms with Gasteiger partial charge in [0.25, 0.3) is 0 Å². The van der Waals surface area contributed by atoms with Crippen molar-refractivity contribution in [3.05, 3.63) is 59.2 Å². The summed E-state index contributed by atoms with van der Waals surface area (Å²) in [5.41, 5.74) is 9.01. The maximum Gasteiger partial charge on any atom is 0.169 e. The predicted octanol–water partition coefficient (Wildman–Crippen LogP) is 3.01. The number of hydrogen-bond acceptors (Lipinski definition) is 3. The standard InChI is InChI=1S/C16H17NO2/c1-11-6-8-12(9-7-11)10-14(18)13-4-3-5-15(19-2)16(13)17/h3-9H,10,17H2,1-2H3. The van der Waals surface area contributed by atoms with Crippen LogP contribution in [0.25, 0.3) is 0 Å². The molecule has 0 aliphatic heterocycles. The van der Waals surface area contributed by atoms with E-state index in [1.165, 1.54) is 5.56 Å². The first-order chi connectivity index (χ1) is 9.11. The van der Waals surface area contributed by atoms with Crippen molar-refractivity contribution in [1.82, 2.24) is 0 Å². The highest BCUT2D eigenvalue weighted by Gasteiger charge is 2.13. The lowest BCUT2D eigenvalue weighted by Gasteiger charge is -2.09. The third-order valence-electron chi connectivity index (χ3n) is 3.07. The quantitative estimate of drug-likeness (QED) is 0.675. The van der Waals surface area contributed by atoms with Gasteiger partial charge in [0.05, 0.1) is 12.8 Å². The van der Waals surface area contributed by atoms with Crippen LogP contribution in [0.4, 0.5) is 5.69 Å². The molecular weight excluding hydrogens is 238 g/mol. The summed E-state index contributed by atoms with van der Waals surface area (Å²) in [6, 6.07) is 13.2. The normalized spacial score (nSPS) is 10.2. The van der Waals surface area contributed by atoms with Gasteiger partial charge in [-0.25, -0.2) is 0 Å². The number of nitrogen functional groups attached to an aromatic ring is 1. The summed E-state index contributed by atoms with van der Waals surface area (Å²) in [5, 5.41) is 0. The van der Waals surface area contributed by atoms with Gasteiger partial charge in [0.15, 0.2) is 5.78 Å². The van der Waals surface area contributed by atoms with Crippen LogP contribution in [-0.4, -0.2) is 12.9 Å². The Kier molecular flexibility index (Phi) is 3.85. The van der Waals surface area contributed by atoms with Gasteiger partial charge in [-0.15, -0.1) is 0 Å². The Morgan fingerprint density at radius 1 is 1.16 bits per heavy atom. The molecule has 2 aromatic carbocycles. The molecule has 3 nitrogen and oxygen atoms in total. The first-order valence-electron chi connectivity index (χ1n) is 6.13. The maximum absolute atomic E-state index is 12.3. The van der Waals surface area contributed by atoms with Crippen LogP contribution in [0, 0.1) is 6.92 Å². The van der Waals surface area contributed by atoms with E-state index in [0.717, 1.165) is 5.56 Å². The number of nitrogens with two attached hydrogens (primary N) is 1. The van der Waals surface area contributed by atoms with Crippen LogP contribution in [0.15, 0.2) is 42.5 Å². The highest BCUT2D eigenvalue weighted by Crippen LogP contribution is 2.25. The zero-order valence-corrected chi connectivity index (χ0v) is 11.1. The zero-order valence-electron chi connectivity index (χ0n) is 11.1. The molecule has 0 spiro atoms. The van der Waals surface area contributed by atoms with Crippen molar-refractivity contribution in [2.45, 2.75) is 13.3 Å². The monoisotopic (exact) mass is 255 g/mol. The number of ether oxygens (including phenoxy) is 1. The van der Waals surface area contributed by atoms with Crippen LogP contribution >= 0.6 is 0 Å².